The van der Waals surface area contributed by atoms with Gasteiger partial charge in [0.1, 0.15) is 0 Å². The predicted octanol–water partition coefficient (Wildman–Crippen LogP) is 4.09. The Morgan fingerprint density at radius 3 is 2.75 bits per heavy atom. The topological polar surface area (TPSA) is 12.0 Å². The third kappa shape index (κ3) is 4.17. The molecule has 0 aliphatic carbocycles. The molecule has 0 heterocycles. The van der Waals surface area contributed by atoms with E-state index in [0.717, 1.165) is 30.0 Å². The molecule has 1 nitrogen and oxygen atoms in total. The second-order valence-electron chi connectivity index (χ2n) is 3.72. The predicted molar refractivity (Wildman–Crippen MR) is 72.4 cm³/mol. The minimum absolute atomic E-state index is 0.390. The quantitative estimate of drug-likeness (QED) is 0.758. The minimum Gasteiger partial charge on any atom is -0.314 e. The summed E-state index contributed by atoms with van der Waals surface area (Å²) in [4.78, 5) is 0. The second-order valence-corrected chi connectivity index (χ2v) is 4.56. The largest absolute Gasteiger partial charge is 0.314 e. The van der Waals surface area contributed by atoms with E-state index >= 15 is 0 Å². The van der Waals surface area contributed by atoms with Gasteiger partial charge in [-0.1, -0.05) is 42.3 Å². The lowest BCUT2D eigenvalue weighted by molar-refractivity contribution is 0.530. The molecule has 0 fully saturated rings. The highest BCUT2D eigenvalue weighted by molar-refractivity contribution is 6.35. The number of rotatable bonds is 6. The first-order valence-electron chi connectivity index (χ1n) is 5.45. The van der Waals surface area contributed by atoms with Crippen molar-refractivity contribution in [2.75, 3.05) is 6.54 Å². The summed E-state index contributed by atoms with van der Waals surface area (Å²) in [6.45, 7) is 6.81. The average Bonchev–Trinajstić information content (AvgIpc) is 2.23. The fraction of sp³-hybridized carbons (Fsp3) is 0.385. The molecule has 1 unspecified atom stereocenters. The first kappa shape index (κ1) is 13.6. The van der Waals surface area contributed by atoms with Gasteiger partial charge in [-0.25, -0.2) is 0 Å². The van der Waals surface area contributed by atoms with Gasteiger partial charge in [-0.15, -0.1) is 6.58 Å². The van der Waals surface area contributed by atoms with Crippen molar-refractivity contribution in [3.63, 3.8) is 0 Å². The van der Waals surface area contributed by atoms with Gasteiger partial charge in [0, 0.05) is 16.1 Å². The van der Waals surface area contributed by atoms with Crippen LogP contribution in [0.2, 0.25) is 10.0 Å². The van der Waals surface area contributed by atoms with E-state index in [4.69, 9.17) is 23.2 Å². The van der Waals surface area contributed by atoms with Crippen LogP contribution in [0.25, 0.3) is 0 Å². The fourth-order valence-electron chi connectivity index (χ4n) is 1.68. The molecule has 0 aliphatic rings. The summed E-state index contributed by atoms with van der Waals surface area (Å²) in [6.07, 6.45) is 3.76. The van der Waals surface area contributed by atoms with E-state index in [1.165, 1.54) is 0 Å². The third-order valence-corrected chi connectivity index (χ3v) is 3.01. The molecule has 88 valence electrons. The van der Waals surface area contributed by atoms with Crippen molar-refractivity contribution in [1.82, 2.24) is 5.32 Å². The molecule has 0 bridgehead atoms. The van der Waals surface area contributed by atoms with Crippen molar-refractivity contribution in [2.45, 2.75) is 25.8 Å². The van der Waals surface area contributed by atoms with E-state index < -0.39 is 0 Å². The Morgan fingerprint density at radius 2 is 2.19 bits per heavy atom. The van der Waals surface area contributed by atoms with E-state index in [1.807, 2.05) is 18.2 Å². The molecule has 16 heavy (non-hydrogen) atoms. The summed E-state index contributed by atoms with van der Waals surface area (Å²) < 4.78 is 0. The lowest BCUT2D eigenvalue weighted by atomic mass is 10.0. The van der Waals surface area contributed by atoms with E-state index in [0.29, 0.717) is 11.1 Å². The molecule has 1 aromatic rings. The molecular formula is C13H17Cl2N. The number of benzene rings is 1. The Morgan fingerprint density at radius 1 is 1.44 bits per heavy atom. The Hall–Kier alpha value is -0.500. The van der Waals surface area contributed by atoms with Crippen LogP contribution >= 0.6 is 23.2 Å². The Bertz CT molecular complexity index is 350. The van der Waals surface area contributed by atoms with Gasteiger partial charge in [-0.2, -0.15) is 0 Å². The first-order chi connectivity index (χ1) is 7.67. The summed E-state index contributed by atoms with van der Waals surface area (Å²) in [6, 6.07) is 6.04. The minimum atomic E-state index is 0.390. The summed E-state index contributed by atoms with van der Waals surface area (Å²) >= 11 is 12.0. The Kier molecular flexibility index (Phi) is 5.89. The molecule has 0 radical (unpaired) electrons. The van der Waals surface area contributed by atoms with Crippen molar-refractivity contribution in [3.05, 3.63) is 46.5 Å². The van der Waals surface area contributed by atoms with E-state index in [2.05, 4.69) is 18.8 Å². The molecule has 0 aliphatic heterocycles. The number of halogens is 2. The van der Waals surface area contributed by atoms with Gasteiger partial charge in [0.25, 0.3) is 0 Å². The summed E-state index contributed by atoms with van der Waals surface area (Å²) in [5, 5.41) is 4.82. The molecule has 1 aromatic carbocycles. The second kappa shape index (κ2) is 6.95. The van der Waals surface area contributed by atoms with Gasteiger partial charge in [0.15, 0.2) is 0 Å². The van der Waals surface area contributed by atoms with Crippen LogP contribution in [0.4, 0.5) is 0 Å². The maximum absolute atomic E-state index is 6.14. The zero-order valence-corrected chi connectivity index (χ0v) is 11.0. The maximum atomic E-state index is 6.14. The molecule has 0 aromatic heterocycles. The van der Waals surface area contributed by atoms with Crippen LogP contribution in [0, 0.1) is 0 Å². The molecular weight excluding hydrogens is 241 g/mol. The number of hydrogen-bond acceptors (Lipinski definition) is 1. The van der Waals surface area contributed by atoms with Crippen LogP contribution in [0.3, 0.4) is 0 Å². The van der Waals surface area contributed by atoms with Crippen LogP contribution in [-0.2, 0) is 6.42 Å². The zero-order valence-electron chi connectivity index (χ0n) is 9.47. The normalized spacial score (nSPS) is 12.4. The summed E-state index contributed by atoms with van der Waals surface area (Å²) in [5.74, 6) is 0. The van der Waals surface area contributed by atoms with E-state index in [9.17, 15) is 0 Å². The van der Waals surface area contributed by atoms with Gasteiger partial charge >= 0.3 is 0 Å². The molecule has 3 heteroatoms. The highest BCUT2D eigenvalue weighted by atomic mass is 35.5. The third-order valence-electron chi connectivity index (χ3n) is 2.43. The molecule has 1 rings (SSSR count). The summed E-state index contributed by atoms with van der Waals surface area (Å²) in [7, 11) is 0. The maximum Gasteiger partial charge on any atom is 0.0453 e. The van der Waals surface area contributed by atoms with Gasteiger partial charge < -0.3 is 5.32 Å². The fourth-order valence-corrected chi connectivity index (χ4v) is 2.17. The van der Waals surface area contributed by atoms with Crippen LogP contribution in [-0.4, -0.2) is 12.6 Å². The molecule has 0 saturated heterocycles. The number of likely N-dealkylation sites (N-methyl/N-ethyl adjacent to an activating group) is 1. The van der Waals surface area contributed by atoms with Gasteiger partial charge in [0.05, 0.1) is 0 Å². The van der Waals surface area contributed by atoms with E-state index in [-0.39, 0.29) is 0 Å². The SMILES string of the molecule is C=CCC(Cc1ccc(Cl)cc1Cl)NCC. The van der Waals surface area contributed by atoms with Crippen LogP contribution in [0.1, 0.15) is 18.9 Å². The molecule has 0 spiro atoms. The Balaban J connectivity index is 2.72. The van der Waals surface area contributed by atoms with Crippen molar-refractivity contribution in [1.29, 1.82) is 0 Å². The van der Waals surface area contributed by atoms with E-state index in [1.54, 1.807) is 6.07 Å². The molecule has 0 saturated carbocycles. The molecule has 0 amide bonds. The smallest absolute Gasteiger partial charge is 0.0453 e. The van der Waals surface area contributed by atoms with Crippen LogP contribution < -0.4 is 5.32 Å². The highest BCUT2D eigenvalue weighted by Gasteiger charge is 2.09. The lowest BCUT2D eigenvalue weighted by Gasteiger charge is -2.16. The highest BCUT2D eigenvalue weighted by Crippen LogP contribution is 2.22. The Labute approximate surface area is 107 Å². The summed E-state index contributed by atoms with van der Waals surface area (Å²) in [5.41, 5.74) is 1.12. The monoisotopic (exact) mass is 257 g/mol. The lowest BCUT2D eigenvalue weighted by Crippen LogP contribution is -2.30. The van der Waals surface area contributed by atoms with Gasteiger partial charge in [-0.3, -0.25) is 0 Å². The van der Waals surface area contributed by atoms with Crippen molar-refractivity contribution < 1.29 is 0 Å². The van der Waals surface area contributed by atoms with Crippen LogP contribution in [0.15, 0.2) is 30.9 Å². The first-order valence-corrected chi connectivity index (χ1v) is 6.21. The van der Waals surface area contributed by atoms with Crippen molar-refractivity contribution in [3.8, 4) is 0 Å². The van der Waals surface area contributed by atoms with Crippen LogP contribution in [0.5, 0.6) is 0 Å². The van der Waals surface area contributed by atoms with Crippen molar-refractivity contribution >= 4 is 23.2 Å². The standard InChI is InChI=1S/C13H17Cl2N/c1-3-5-12(16-4-2)8-10-6-7-11(14)9-13(10)15/h3,6-7,9,12,16H,1,4-5,8H2,2H3. The molecule has 1 atom stereocenters. The average molecular weight is 258 g/mol. The van der Waals surface area contributed by atoms with Gasteiger partial charge in [0.2, 0.25) is 0 Å². The van der Waals surface area contributed by atoms with Crippen molar-refractivity contribution in [2.24, 2.45) is 0 Å². The molecule has 1 N–H and O–H groups in total. The number of hydrogen-bond donors (Lipinski definition) is 1. The van der Waals surface area contributed by atoms with Gasteiger partial charge in [-0.05, 0) is 37.1 Å². The number of nitrogens with one attached hydrogen (secondary N) is 1. The zero-order chi connectivity index (χ0) is 12.0.